The van der Waals surface area contributed by atoms with Gasteiger partial charge in [0.2, 0.25) is 5.16 Å². The van der Waals surface area contributed by atoms with Gasteiger partial charge in [-0.2, -0.15) is 10.2 Å². The first kappa shape index (κ1) is 13.4. The predicted octanol–water partition coefficient (Wildman–Crippen LogP) is 0.940. The summed E-state index contributed by atoms with van der Waals surface area (Å²) in [6, 6.07) is 7.64. The van der Waals surface area contributed by atoms with E-state index in [0.717, 1.165) is 15.8 Å². The van der Waals surface area contributed by atoms with Crippen LogP contribution in [-0.2, 0) is 16.1 Å². The van der Waals surface area contributed by atoms with E-state index in [0.29, 0.717) is 5.16 Å². The number of tetrazole rings is 1. The normalized spacial score (nSPS) is 10.7. The lowest BCUT2D eigenvalue weighted by atomic mass is 10.2. The van der Waals surface area contributed by atoms with Gasteiger partial charge in [-0.25, -0.2) is 4.68 Å². The molecule has 0 bridgehead atoms. The van der Waals surface area contributed by atoms with Gasteiger partial charge in [-0.1, -0.05) is 18.2 Å². The molecule has 0 atom stereocenters. The molecule has 0 aliphatic carbocycles. The smallest absolute Gasteiger partial charge is 0.327 e. The summed E-state index contributed by atoms with van der Waals surface area (Å²) in [7, 11) is 1.32. The summed E-state index contributed by atoms with van der Waals surface area (Å²) in [5, 5.41) is 20.7. The molecule has 0 aliphatic heterocycles. The van der Waals surface area contributed by atoms with Crippen LogP contribution in [0.15, 0.2) is 40.5 Å². The largest absolute Gasteiger partial charge is 0.468 e. The van der Waals surface area contributed by atoms with Gasteiger partial charge in [0, 0.05) is 10.3 Å². The maximum absolute atomic E-state index is 11.3. The lowest BCUT2D eigenvalue weighted by molar-refractivity contribution is -0.141. The summed E-state index contributed by atoms with van der Waals surface area (Å²) >= 11 is 1.32. The maximum atomic E-state index is 11.3. The number of nitrogens with zero attached hydrogens (tertiary/aromatic N) is 6. The molecule has 21 heavy (non-hydrogen) atoms. The van der Waals surface area contributed by atoms with Crippen LogP contribution in [-0.4, -0.2) is 43.5 Å². The number of hydrogen-bond acceptors (Lipinski definition) is 8. The van der Waals surface area contributed by atoms with Crippen molar-refractivity contribution in [3.63, 3.8) is 0 Å². The van der Waals surface area contributed by atoms with Gasteiger partial charge >= 0.3 is 5.97 Å². The Morgan fingerprint density at radius 3 is 3.05 bits per heavy atom. The van der Waals surface area contributed by atoms with E-state index in [9.17, 15) is 4.79 Å². The van der Waals surface area contributed by atoms with Crippen LogP contribution in [0, 0.1) is 0 Å². The molecule has 106 valence electrons. The average Bonchev–Trinajstić information content (AvgIpc) is 2.94. The lowest BCUT2D eigenvalue weighted by Gasteiger charge is -2.05. The molecule has 0 unspecified atom stereocenters. The van der Waals surface area contributed by atoms with Crippen molar-refractivity contribution >= 4 is 28.6 Å². The Hall–Kier alpha value is -2.55. The molecule has 2 heterocycles. The summed E-state index contributed by atoms with van der Waals surface area (Å²) < 4.78 is 5.99. The van der Waals surface area contributed by atoms with E-state index in [-0.39, 0.29) is 6.54 Å². The summed E-state index contributed by atoms with van der Waals surface area (Å²) in [6.07, 6.45) is 1.64. The van der Waals surface area contributed by atoms with Crippen LogP contribution in [0.4, 0.5) is 0 Å². The van der Waals surface area contributed by atoms with Crippen LogP contribution in [0.25, 0.3) is 10.9 Å². The predicted molar refractivity (Wildman–Crippen MR) is 73.5 cm³/mol. The fourth-order valence-corrected chi connectivity index (χ4v) is 2.58. The third kappa shape index (κ3) is 2.82. The minimum absolute atomic E-state index is 0.0394. The van der Waals surface area contributed by atoms with E-state index in [4.69, 9.17) is 0 Å². The molecule has 3 aromatic rings. The van der Waals surface area contributed by atoms with Gasteiger partial charge < -0.3 is 4.74 Å². The summed E-state index contributed by atoms with van der Waals surface area (Å²) in [6.45, 7) is -0.0394. The molecule has 8 nitrogen and oxygen atoms in total. The van der Waals surface area contributed by atoms with E-state index >= 15 is 0 Å². The zero-order chi connectivity index (χ0) is 14.7. The van der Waals surface area contributed by atoms with Crippen molar-refractivity contribution in [2.45, 2.75) is 16.6 Å². The monoisotopic (exact) mass is 302 g/mol. The highest BCUT2D eigenvalue weighted by Gasteiger charge is 2.13. The van der Waals surface area contributed by atoms with Crippen molar-refractivity contribution in [1.29, 1.82) is 0 Å². The molecule has 0 saturated heterocycles. The van der Waals surface area contributed by atoms with E-state index in [1.165, 1.54) is 23.6 Å². The van der Waals surface area contributed by atoms with Crippen molar-refractivity contribution in [2.75, 3.05) is 7.11 Å². The highest BCUT2D eigenvalue weighted by molar-refractivity contribution is 7.99. The molecule has 0 spiro atoms. The minimum Gasteiger partial charge on any atom is -0.468 e. The second kappa shape index (κ2) is 5.83. The second-order valence-corrected chi connectivity index (χ2v) is 5.03. The molecule has 0 radical (unpaired) electrons. The Bertz CT molecular complexity index is 785. The summed E-state index contributed by atoms with van der Waals surface area (Å²) in [5.41, 5.74) is 0.787. The van der Waals surface area contributed by atoms with Gasteiger partial charge in [-0.15, -0.1) is 5.10 Å². The van der Waals surface area contributed by atoms with Crippen molar-refractivity contribution in [1.82, 2.24) is 30.4 Å². The van der Waals surface area contributed by atoms with Crippen LogP contribution in [0.3, 0.4) is 0 Å². The standard InChI is InChI=1S/C12H10N6O2S/c1-20-11(19)7-18-12(15-16-17-18)21-10-6-13-14-9-5-3-2-4-8(9)10/h2-6H,7H2,1H3. The Labute approximate surface area is 123 Å². The summed E-state index contributed by atoms with van der Waals surface area (Å²) in [4.78, 5) is 12.2. The number of carbonyl (C=O) groups excluding carboxylic acids is 1. The molecule has 0 N–H and O–H groups in total. The van der Waals surface area contributed by atoms with Crippen LogP contribution in [0.1, 0.15) is 0 Å². The molecule has 0 saturated carbocycles. The highest BCUT2D eigenvalue weighted by Crippen LogP contribution is 2.30. The quantitative estimate of drug-likeness (QED) is 0.657. The number of ether oxygens (including phenoxy) is 1. The first-order valence-electron chi connectivity index (χ1n) is 5.99. The third-order valence-electron chi connectivity index (χ3n) is 2.72. The number of methoxy groups -OCH3 is 1. The zero-order valence-electron chi connectivity index (χ0n) is 11.0. The number of aromatic nitrogens is 6. The molecule has 0 amide bonds. The Kier molecular flexibility index (Phi) is 3.73. The average molecular weight is 302 g/mol. The van der Waals surface area contributed by atoms with Crippen LogP contribution in [0.5, 0.6) is 0 Å². The van der Waals surface area contributed by atoms with Gasteiger partial charge in [0.15, 0.2) is 0 Å². The number of rotatable bonds is 4. The molecule has 1 aromatic carbocycles. The number of hydrogen-bond donors (Lipinski definition) is 0. The second-order valence-electron chi connectivity index (χ2n) is 4.02. The number of fused-ring (bicyclic) bond motifs is 1. The lowest BCUT2D eigenvalue weighted by Crippen LogP contribution is -2.13. The van der Waals surface area contributed by atoms with E-state index in [1.54, 1.807) is 6.20 Å². The molecule has 2 aromatic heterocycles. The minimum atomic E-state index is -0.415. The first-order chi connectivity index (χ1) is 10.3. The molecular weight excluding hydrogens is 292 g/mol. The van der Waals surface area contributed by atoms with E-state index in [1.807, 2.05) is 24.3 Å². The topological polar surface area (TPSA) is 95.7 Å². The van der Waals surface area contributed by atoms with Crippen molar-refractivity contribution < 1.29 is 9.53 Å². The SMILES string of the molecule is COC(=O)Cn1nnnc1Sc1cnnc2ccccc12. The van der Waals surface area contributed by atoms with Gasteiger partial charge in [0.25, 0.3) is 0 Å². The van der Waals surface area contributed by atoms with Crippen LogP contribution in [0.2, 0.25) is 0 Å². The molecule has 0 aliphatic rings. The van der Waals surface area contributed by atoms with Gasteiger partial charge in [-0.3, -0.25) is 4.79 Å². The molecule has 9 heteroatoms. The number of esters is 1. The third-order valence-corrected chi connectivity index (χ3v) is 3.74. The van der Waals surface area contributed by atoms with Crippen molar-refractivity contribution in [2.24, 2.45) is 0 Å². The van der Waals surface area contributed by atoms with Gasteiger partial charge in [0.1, 0.15) is 6.54 Å². The first-order valence-corrected chi connectivity index (χ1v) is 6.81. The Morgan fingerprint density at radius 1 is 1.33 bits per heavy atom. The molecule has 3 rings (SSSR count). The Balaban J connectivity index is 1.93. The van der Waals surface area contributed by atoms with E-state index < -0.39 is 5.97 Å². The molecule has 0 fully saturated rings. The summed E-state index contributed by atoms with van der Waals surface area (Å²) in [5.74, 6) is -0.415. The highest BCUT2D eigenvalue weighted by atomic mass is 32.2. The van der Waals surface area contributed by atoms with E-state index in [2.05, 4.69) is 30.5 Å². The van der Waals surface area contributed by atoms with Crippen molar-refractivity contribution in [3.8, 4) is 0 Å². The fraction of sp³-hybridized carbons (Fsp3) is 0.167. The van der Waals surface area contributed by atoms with Crippen molar-refractivity contribution in [3.05, 3.63) is 30.5 Å². The number of carbonyl (C=O) groups is 1. The fourth-order valence-electron chi connectivity index (χ4n) is 1.72. The Morgan fingerprint density at radius 2 is 2.19 bits per heavy atom. The maximum Gasteiger partial charge on any atom is 0.327 e. The van der Waals surface area contributed by atoms with Crippen LogP contribution < -0.4 is 0 Å². The van der Waals surface area contributed by atoms with Gasteiger partial charge in [0.05, 0.1) is 18.8 Å². The zero-order valence-corrected chi connectivity index (χ0v) is 11.8. The molecular formula is C12H10N6O2S. The van der Waals surface area contributed by atoms with Gasteiger partial charge in [-0.05, 0) is 28.3 Å². The number of benzene rings is 1. The van der Waals surface area contributed by atoms with Crippen LogP contribution >= 0.6 is 11.8 Å².